The molecule has 2 aromatic rings. The molecule has 4 amide bonds. The van der Waals surface area contributed by atoms with Crippen molar-refractivity contribution < 1.29 is 19.2 Å². The lowest BCUT2D eigenvalue weighted by Gasteiger charge is -2.53. The maximum atomic E-state index is 13.7. The molecular formula is C30H28N2O4. The van der Waals surface area contributed by atoms with E-state index in [9.17, 15) is 19.2 Å². The number of piperidine rings is 2. The number of rotatable bonds is 2. The molecule has 6 heteroatoms. The fourth-order valence-corrected chi connectivity index (χ4v) is 6.44. The van der Waals surface area contributed by atoms with Crippen molar-refractivity contribution in [1.82, 2.24) is 0 Å². The van der Waals surface area contributed by atoms with Crippen molar-refractivity contribution in [2.24, 2.45) is 35.5 Å². The first-order valence-electron chi connectivity index (χ1n) is 12.5. The number of anilines is 2. The van der Waals surface area contributed by atoms with Gasteiger partial charge in [-0.05, 0) is 86.1 Å². The number of hydrogen-bond acceptors (Lipinski definition) is 4. The zero-order chi connectivity index (χ0) is 25.5. The van der Waals surface area contributed by atoms with Gasteiger partial charge in [-0.1, -0.05) is 36.4 Å². The molecule has 0 aromatic heterocycles. The summed E-state index contributed by atoms with van der Waals surface area (Å²) in [4.78, 5) is 57.3. The fraction of sp³-hybridized carbons (Fsp3) is 0.333. The molecule has 6 nitrogen and oxygen atoms in total. The third kappa shape index (κ3) is 3.03. The second kappa shape index (κ2) is 7.85. The molecule has 0 radical (unpaired) electrons. The molecule has 2 aliphatic heterocycles. The Morgan fingerprint density at radius 2 is 0.778 bits per heavy atom. The second-order valence-corrected chi connectivity index (χ2v) is 10.6. The summed E-state index contributed by atoms with van der Waals surface area (Å²) in [5.74, 6) is -4.20. The smallest absolute Gasteiger partial charge is 0.241 e. The highest BCUT2D eigenvalue weighted by molar-refractivity contribution is 6.22. The quantitative estimate of drug-likeness (QED) is 0.477. The van der Waals surface area contributed by atoms with Crippen molar-refractivity contribution in [3.63, 3.8) is 0 Å². The molecule has 6 rings (SSSR count). The summed E-state index contributed by atoms with van der Waals surface area (Å²) >= 11 is 0. The van der Waals surface area contributed by atoms with E-state index in [0.29, 0.717) is 11.4 Å². The molecule has 0 saturated carbocycles. The molecule has 2 aromatic carbocycles. The van der Waals surface area contributed by atoms with Gasteiger partial charge in [-0.15, -0.1) is 0 Å². The van der Waals surface area contributed by atoms with Crippen LogP contribution >= 0.6 is 0 Å². The number of carbonyl (C=O) groups excluding carboxylic acids is 4. The minimum Gasteiger partial charge on any atom is -0.273 e. The van der Waals surface area contributed by atoms with Gasteiger partial charge in [-0.3, -0.25) is 19.2 Å². The van der Waals surface area contributed by atoms with Crippen LogP contribution in [0, 0.1) is 63.2 Å². The van der Waals surface area contributed by atoms with Crippen LogP contribution in [0.4, 0.5) is 11.4 Å². The third-order valence-electron chi connectivity index (χ3n) is 8.67. The van der Waals surface area contributed by atoms with E-state index < -0.39 is 35.5 Å². The Balaban J connectivity index is 1.42. The van der Waals surface area contributed by atoms with Gasteiger partial charge in [0, 0.05) is 0 Å². The molecule has 0 unspecified atom stereocenters. The van der Waals surface area contributed by atoms with Gasteiger partial charge in [0.1, 0.15) is 0 Å². The van der Waals surface area contributed by atoms with Crippen LogP contribution in [0.25, 0.3) is 0 Å². The third-order valence-corrected chi connectivity index (χ3v) is 8.67. The van der Waals surface area contributed by atoms with Crippen LogP contribution in [-0.2, 0) is 19.2 Å². The molecule has 2 aliphatic carbocycles. The van der Waals surface area contributed by atoms with Crippen LogP contribution in [0.2, 0.25) is 0 Å². The largest absolute Gasteiger partial charge is 0.273 e. The van der Waals surface area contributed by atoms with E-state index in [1.54, 1.807) is 36.4 Å². The van der Waals surface area contributed by atoms with Crippen LogP contribution in [0.1, 0.15) is 22.3 Å². The average molecular weight is 481 g/mol. The molecule has 4 atom stereocenters. The summed E-state index contributed by atoms with van der Waals surface area (Å²) in [7, 11) is 0. The van der Waals surface area contributed by atoms with Crippen molar-refractivity contribution in [2.75, 3.05) is 9.80 Å². The maximum Gasteiger partial charge on any atom is 0.241 e. The first-order valence-corrected chi connectivity index (χ1v) is 12.5. The van der Waals surface area contributed by atoms with Gasteiger partial charge in [-0.2, -0.15) is 0 Å². The molecule has 0 spiro atoms. The summed E-state index contributed by atoms with van der Waals surface area (Å²) < 4.78 is 0. The number of aryl methyl sites for hydroxylation is 4. The summed E-state index contributed by atoms with van der Waals surface area (Å²) in [6.07, 6.45) is 7.18. The second-order valence-electron chi connectivity index (χ2n) is 10.6. The monoisotopic (exact) mass is 480 g/mol. The van der Waals surface area contributed by atoms with E-state index in [0.717, 1.165) is 22.3 Å². The number of amides is 4. The molecule has 0 N–H and O–H groups in total. The fourth-order valence-electron chi connectivity index (χ4n) is 6.44. The lowest BCUT2D eigenvalue weighted by Crippen LogP contribution is -2.64. The molecule has 36 heavy (non-hydrogen) atoms. The average Bonchev–Trinajstić information content (AvgIpc) is 2.85. The van der Waals surface area contributed by atoms with Crippen molar-refractivity contribution in [3.05, 3.63) is 83.0 Å². The molecule has 2 heterocycles. The number of benzene rings is 2. The van der Waals surface area contributed by atoms with E-state index in [1.165, 1.54) is 9.80 Å². The topological polar surface area (TPSA) is 74.8 Å². The normalized spacial score (nSPS) is 30.7. The molecule has 4 aliphatic rings. The highest BCUT2D eigenvalue weighted by Crippen LogP contribution is 2.53. The predicted molar refractivity (Wildman–Crippen MR) is 136 cm³/mol. The Bertz CT molecular complexity index is 1260. The Kier molecular flexibility index (Phi) is 4.94. The molecule has 2 fully saturated rings. The molecule has 0 bridgehead atoms. The van der Waals surface area contributed by atoms with Crippen molar-refractivity contribution >= 4 is 35.0 Å². The van der Waals surface area contributed by atoms with E-state index in [2.05, 4.69) is 0 Å². The highest BCUT2D eigenvalue weighted by atomic mass is 16.2. The zero-order valence-corrected chi connectivity index (χ0v) is 20.8. The van der Waals surface area contributed by atoms with E-state index in [1.807, 2.05) is 52.0 Å². The lowest BCUT2D eigenvalue weighted by molar-refractivity contribution is -0.148. The summed E-state index contributed by atoms with van der Waals surface area (Å²) in [5, 5.41) is 0. The Labute approximate surface area is 210 Å². The molecule has 182 valence electrons. The standard InChI is InChI=1S/C30H28N2O4/c1-15-5-7-19(13-17(15)3)31-27(33)21-9-11-23-26-24(12-10-22(25(21)26)28(31)34)30(36)32(29(23)35)20-8-6-16(2)18(4)14-20/h5-14,21-26H,1-4H3/t21-,22-,23+,24+,25?,26?. The lowest BCUT2D eigenvalue weighted by atomic mass is 9.55. The van der Waals surface area contributed by atoms with Crippen LogP contribution in [-0.4, -0.2) is 23.6 Å². The first kappa shape index (κ1) is 22.7. The van der Waals surface area contributed by atoms with Gasteiger partial charge in [0.2, 0.25) is 23.6 Å². The van der Waals surface area contributed by atoms with Gasteiger partial charge in [0.15, 0.2) is 0 Å². The van der Waals surface area contributed by atoms with Crippen LogP contribution in [0.15, 0.2) is 60.7 Å². The van der Waals surface area contributed by atoms with Gasteiger partial charge in [0.05, 0.1) is 35.0 Å². The zero-order valence-electron chi connectivity index (χ0n) is 20.8. The number of hydrogen-bond donors (Lipinski definition) is 0. The van der Waals surface area contributed by atoms with Crippen LogP contribution in [0.5, 0.6) is 0 Å². The number of carbonyl (C=O) groups is 4. The number of imide groups is 2. The van der Waals surface area contributed by atoms with Crippen molar-refractivity contribution in [1.29, 1.82) is 0 Å². The molecular weight excluding hydrogens is 452 g/mol. The van der Waals surface area contributed by atoms with Crippen LogP contribution in [0.3, 0.4) is 0 Å². The summed E-state index contributed by atoms with van der Waals surface area (Å²) in [6.45, 7) is 7.89. The van der Waals surface area contributed by atoms with E-state index in [4.69, 9.17) is 0 Å². The minimum absolute atomic E-state index is 0.287. The van der Waals surface area contributed by atoms with Crippen molar-refractivity contribution in [3.8, 4) is 0 Å². The van der Waals surface area contributed by atoms with Gasteiger partial charge >= 0.3 is 0 Å². The Morgan fingerprint density at radius 3 is 1.06 bits per heavy atom. The van der Waals surface area contributed by atoms with E-state index >= 15 is 0 Å². The van der Waals surface area contributed by atoms with Gasteiger partial charge in [-0.25, -0.2) is 9.80 Å². The predicted octanol–water partition coefficient (Wildman–Crippen LogP) is 4.20. The molecule has 2 saturated heterocycles. The Morgan fingerprint density at radius 1 is 0.472 bits per heavy atom. The van der Waals surface area contributed by atoms with Crippen LogP contribution < -0.4 is 9.80 Å². The minimum atomic E-state index is -0.559. The van der Waals surface area contributed by atoms with Gasteiger partial charge in [0.25, 0.3) is 0 Å². The number of nitrogens with zero attached hydrogens (tertiary/aromatic N) is 2. The first-order chi connectivity index (χ1) is 17.2. The highest BCUT2D eigenvalue weighted by Gasteiger charge is 2.60. The van der Waals surface area contributed by atoms with Gasteiger partial charge < -0.3 is 0 Å². The van der Waals surface area contributed by atoms with Crippen molar-refractivity contribution in [2.45, 2.75) is 27.7 Å². The van der Waals surface area contributed by atoms with E-state index in [-0.39, 0.29) is 23.6 Å². The maximum absolute atomic E-state index is 13.7. The SMILES string of the molecule is Cc1ccc(N2C(=O)[C@H]3C=C[C@H]4C(=O)N(c5ccc(C)c(C)c5)C(=O)[C@@H]5C=C[C@H](C2=O)C3C45)cc1C. The summed E-state index contributed by atoms with van der Waals surface area (Å²) in [6, 6.07) is 11.2. The Hall–Kier alpha value is -3.80. The summed E-state index contributed by atoms with van der Waals surface area (Å²) in [5.41, 5.74) is 5.31.